The fourth-order valence-electron chi connectivity index (χ4n) is 3.77. The summed E-state index contributed by atoms with van der Waals surface area (Å²) in [5, 5.41) is 0.934. The summed E-state index contributed by atoms with van der Waals surface area (Å²) in [5.74, 6) is 0.132. The van der Waals surface area contributed by atoms with Crippen molar-refractivity contribution in [3.8, 4) is 5.75 Å². The van der Waals surface area contributed by atoms with Crippen LogP contribution in [-0.2, 0) is 20.7 Å². The normalized spacial score (nSPS) is 19.5. The fourth-order valence-corrected chi connectivity index (χ4v) is 4.45. The standard InChI is InChI=1S/C23H29BrN2O5/c1-23(2,3)31-22(28)26-13-15(20-18(24)10-17(29-5)11-19(20)26)9-16-8-7-14(12-25(16)4)21(27)30-6/h7-8,10-11,13-14,16H,9,12H2,1-6H3/t14-,16-/m0/s1. The molecule has 0 saturated heterocycles. The SMILES string of the molecule is COC(=O)[C@H]1C=C[C@@H](Cc2cn(C(=O)OC(C)(C)C)c3cc(OC)cc(Br)c23)N(C)C1. The molecule has 0 bridgehead atoms. The molecule has 8 heteroatoms. The lowest BCUT2D eigenvalue weighted by molar-refractivity contribution is -0.144. The van der Waals surface area contributed by atoms with E-state index in [1.807, 2.05) is 58.3 Å². The van der Waals surface area contributed by atoms with E-state index in [9.17, 15) is 9.59 Å². The van der Waals surface area contributed by atoms with Crippen LogP contribution < -0.4 is 4.74 Å². The second-order valence-electron chi connectivity index (χ2n) is 8.73. The zero-order valence-corrected chi connectivity index (χ0v) is 20.4. The molecule has 7 nitrogen and oxygen atoms in total. The lowest BCUT2D eigenvalue weighted by atomic mass is 9.96. The molecule has 0 aliphatic carbocycles. The molecule has 1 aromatic carbocycles. The van der Waals surface area contributed by atoms with E-state index in [-0.39, 0.29) is 17.9 Å². The highest BCUT2D eigenvalue weighted by Crippen LogP contribution is 2.35. The molecule has 0 amide bonds. The van der Waals surface area contributed by atoms with E-state index in [0.717, 1.165) is 15.4 Å². The number of likely N-dealkylation sites (N-methyl/N-ethyl adjacent to an activating group) is 1. The smallest absolute Gasteiger partial charge is 0.419 e. The van der Waals surface area contributed by atoms with Crippen LogP contribution in [0.5, 0.6) is 5.75 Å². The number of nitrogens with zero attached hydrogens (tertiary/aromatic N) is 2. The van der Waals surface area contributed by atoms with Gasteiger partial charge >= 0.3 is 12.1 Å². The van der Waals surface area contributed by atoms with Gasteiger partial charge in [0.2, 0.25) is 0 Å². The molecule has 0 saturated carbocycles. The number of hydrogen-bond donors (Lipinski definition) is 0. The summed E-state index contributed by atoms with van der Waals surface area (Å²) in [6.45, 7) is 6.10. The number of aromatic nitrogens is 1. The van der Waals surface area contributed by atoms with Gasteiger partial charge < -0.3 is 14.2 Å². The van der Waals surface area contributed by atoms with Crippen LogP contribution in [0.2, 0.25) is 0 Å². The molecule has 168 valence electrons. The second-order valence-corrected chi connectivity index (χ2v) is 9.59. The van der Waals surface area contributed by atoms with E-state index in [2.05, 4.69) is 20.8 Å². The Balaban J connectivity index is 2.01. The minimum atomic E-state index is -0.612. The number of rotatable bonds is 4. The van der Waals surface area contributed by atoms with E-state index in [0.29, 0.717) is 24.2 Å². The largest absolute Gasteiger partial charge is 0.497 e. The predicted octanol–water partition coefficient (Wildman–Crippen LogP) is 4.40. The Morgan fingerprint density at radius 1 is 1.19 bits per heavy atom. The summed E-state index contributed by atoms with van der Waals surface area (Å²) >= 11 is 3.64. The average Bonchev–Trinajstić information content (AvgIpc) is 3.06. The molecule has 0 unspecified atom stereocenters. The molecule has 0 spiro atoms. The molecule has 2 atom stereocenters. The van der Waals surface area contributed by atoms with Gasteiger partial charge in [-0.1, -0.05) is 12.2 Å². The molecule has 0 radical (unpaired) electrons. The van der Waals surface area contributed by atoms with Crippen LogP contribution >= 0.6 is 15.9 Å². The van der Waals surface area contributed by atoms with Crippen LogP contribution in [0.4, 0.5) is 4.79 Å². The van der Waals surface area contributed by atoms with Crippen LogP contribution in [0.25, 0.3) is 10.9 Å². The van der Waals surface area contributed by atoms with Gasteiger partial charge in [-0.05, 0) is 61.8 Å². The number of methoxy groups -OCH3 is 2. The first-order chi connectivity index (χ1) is 14.5. The summed E-state index contributed by atoms with van der Waals surface area (Å²) < 4.78 is 18.3. The number of carbonyl (C=O) groups is 2. The average molecular weight is 493 g/mol. The van der Waals surface area contributed by atoms with Crippen LogP contribution in [-0.4, -0.2) is 61.0 Å². The van der Waals surface area contributed by atoms with Crippen LogP contribution in [0.15, 0.2) is 35.0 Å². The first-order valence-corrected chi connectivity index (χ1v) is 10.9. The third kappa shape index (κ3) is 5.13. The molecule has 1 aliphatic rings. The second kappa shape index (κ2) is 9.04. The van der Waals surface area contributed by atoms with Gasteiger partial charge in [0.25, 0.3) is 0 Å². The maximum atomic E-state index is 12.9. The van der Waals surface area contributed by atoms with Crippen molar-refractivity contribution in [1.29, 1.82) is 0 Å². The molecular weight excluding hydrogens is 464 g/mol. The van der Waals surface area contributed by atoms with Crippen LogP contribution in [0, 0.1) is 5.92 Å². The molecule has 1 aromatic heterocycles. The molecule has 3 rings (SSSR count). The van der Waals surface area contributed by atoms with Crippen LogP contribution in [0.1, 0.15) is 26.3 Å². The van der Waals surface area contributed by atoms with Crippen molar-refractivity contribution in [3.05, 3.63) is 40.5 Å². The van der Waals surface area contributed by atoms with Gasteiger partial charge in [0.1, 0.15) is 11.4 Å². The molecule has 2 aromatic rings. The van der Waals surface area contributed by atoms with Gasteiger partial charge in [0.15, 0.2) is 0 Å². The lowest BCUT2D eigenvalue weighted by Crippen LogP contribution is -2.41. The van der Waals surface area contributed by atoms with Crippen molar-refractivity contribution < 1.29 is 23.8 Å². The van der Waals surface area contributed by atoms with Crippen molar-refractivity contribution >= 4 is 38.9 Å². The quantitative estimate of drug-likeness (QED) is 0.465. The van der Waals surface area contributed by atoms with Crippen molar-refractivity contribution in [2.45, 2.75) is 38.8 Å². The van der Waals surface area contributed by atoms with E-state index in [1.54, 1.807) is 7.11 Å². The highest BCUT2D eigenvalue weighted by Gasteiger charge is 2.28. The number of hydrogen-bond acceptors (Lipinski definition) is 6. The summed E-state index contributed by atoms with van der Waals surface area (Å²) in [5.41, 5.74) is 1.10. The molecule has 0 N–H and O–H groups in total. The Hall–Kier alpha value is -2.32. The molecule has 1 aliphatic heterocycles. The van der Waals surface area contributed by atoms with Crippen molar-refractivity contribution in [3.63, 3.8) is 0 Å². The van der Waals surface area contributed by atoms with Crippen molar-refractivity contribution in [2.75, 3.05) is 27.8 Å². The van der Waals surface area contributed by atoms with Gasteiger partial charge in [-0.15, -0.1) is 0 Å². The van der Waals surface area contributed by atoms with Crippen LogP contribution in [0.3, 0.4) is 0 Å². The maximum absolute atomic E-state index is 12.9. The Labute approximate surface area is 191 Å². The zero-order chi connectivity index (χ0) is 22.9. The third-order valence-corrected chi connectivity index (χ3v) is 5.91. The number of halogens is 1. The van der Waals surface area contributed by atoms with E-state index >= 15 is 0 Å². The minimum Gasteiger partial charge on any atom is -0.497 e. The highest BCUT2D eigenvalue weighted by molar-refractivity contribution is 9.10. The highest BCUT2D eigenvalue weighted by atomic mass is 79.9. The molecular formula is C23H29BrN2O5. The predicted molar refractivity (Wildman–Crippen MR) is 123 cm³/mol. The first-order valence-electron chi connectivity index (χ1n) is 10.1. The lowest BCUT2D eigenvalue weighted by Gasteiger charge is -2.31. The third-order valence-electron chi connectivity index (χ3n) is 5.28. The summed E-state index contributed by atoms with van der Waals surface area (Å²) in [7, 11) is 4.98. The number of carbonyl (C=O) groups excluding carboxylic acids is 2. The summed E-state index contributed by atoms with van der Waals surface area (Å²) in [4.78, 5) is 26.9. The monoisotopic (exact) mass is 492 g/mol. The van der Waals surface area contributed by atoms with E-state index in [4.69, 9.17) is 14.2 Å². The van der Waals surface area contributed by atoms with E-state index in [1.165, 1.54) is 11.7 Å². The summed E-state index contributed by atoms with van der Waals surface area (Å²) in [6, 6.07) is 3.80. The van der Waals surface area contributed by atoms with Gasteiger partial charge in [-0.3, -0.25) is 14.3 Å². The van der Waals surface area contributed by atoms with Gasteiger partial charge in [0.05, 0.1) is 25.7 Å². The van der Waals surface area contributed by atoms with Gasteiger partial charge in [0, 0.05) is 34.7 Å². The Bertz CT molecular complexity index is 1020. The van der Waals surface area contributed by atoms with E-state index < -0.39 is 11.7 Å². The Kier molecular flexibility index (Phi) is 6.81. The van der Waals surface area contributed by atoms with Crippen molar-refractivity contribution in [1.82, 2.24) is 9.47 Å². The van der Waals surface area contributed by atoms with Gasteiger partial charge in [-0.25, -0.2) is 4.79 Å². The number of benzene rings is 1. The summed E-state index contributed by atoms with van der Waals surface area (Å²) in [6.07, 6.45) is 5.98. The Morgan fingerprint density at radius 2 is 1.90 bits per heavy atom. The number of fused-ring (bicyclic) bond motifs is 1. The molecule has 31 heavy (non-hydrogen) atoms. The Morgan fingerprint density at radius 3 is 2.48 bits per heavy atom. The fraction of sp³-hybridized carbons (Fsp3) is 0.478. The zero-order valence-electron chi connectivity index (χ0n) is 18.8. The number of esters is 1. The first kappa shape index (κ1) is 23.3. The minimum absolute atomic E-state index is 0.0765. The number of ether oxygens (including phenoxy) is 3. The maximum Gasteiger partial charge on any atom is 0.419 e. The molecule has 0 fully saturated rings. The van der Waals surface area contributed by atoms with Crippen molar-refractivity contribution in [2.24, 2.45) is 5.92 Å². The van der Waals surface area contributed by atoms with Gasteiger partial charge in [-0.2, -0.15) is 0 Å². The topological polar surface area (TPSA) is 70.0 Å². The molecule has 2 heterocycles.